The van der Waals surface area contributed by atoms with E-state index in [2.05, 4.69) is 58.7 Å². The zero-order valence-electron chi connectivity index (χ0n) is 9.67. The second kappa shape index (κ2) is 3.50. The molecule has 0 bridgehead atoms. The Morgan fingerprint density at radius 1 is 0.500 bits per heavy atom. The van der Waals surface area contributed by atoms with E-state index < -0.39 is 0 Å². The molecular formula is C16H10N2. The average Bonchev–Trinajstić information content (AvgIpc) is 2.42. The summed E-state index contributed by atoms with van der Waals surface area (Å²) < 4.78 is 0. The molecule has 0 spiro atoms. The monoisotopic (exact) mass is 230 g/mol. The highest BCUT2D eigenvalue weighted by Crippen LogP contribution is 2.26. The Morgan fingerprint density at radius 3 is 1.44 bits per heavy atom. The van der Waals surface area contributed by atoms with Crippen LogP contribution in [-0.2, 0) is 0 Å². The lowest BCUT2D eigenvalue weighted by Gasteiger charge is -2.04. The molecule has 0 aliphatic carbocycles. The van der Waals surface area contributed by atoms with Crippen molar-refractivity contribution in [1.29, 1.82) is 0 Å². The lowest BCUT2D eigenvalue weighted by atomic mass is 10.0. The van der Waals surface area contributed by atoms with Crippen LogP contribution >= 0.6 is 0 Å². The first kappa shape index (κ1) is 9.54. The van der Waals surface area contributed by atoms with Crippen molar-refractivity contribution in [1.82, 2.24) is 10.2 Å². The molecule has 1 aromatic heterocycles. The van der Waals surface area contributed by atoms with Crippen molar-refractivity contribution in [3.05, 3.63) is 60.9 Å². The van der Waals surface area contributed by atoms with Gasteiger partial charge in [0.1, 0.15) is 0 Å². The minimum atomic E-state index is 1.13. The fourth-order valence-corrected chi connectivity index (χ4v) is 2.44. The van der Waals surface area contributed by atoms with E-state index in [-0.39, 0.29) is 0 Å². The van der Waals surface area contributed by atoms with Crippen LogP contribution in [0.15, 0.2) is 60.9 Å². The first-order valence-electron chi connectivity index (χ1n) is 5.93. The average molecular weight is 230 g/mol. The Balaban J connectivity index is 2.20. The van der Waals surface area contributed by atoms with E-state index in [0.29, 0.717) is 0 Å². The first-order valence-corrected chi connectivity index (χ1v) is 5.93. The number of hydrogen-bond acceptors (Lipinski definition) is 2. The highest BCUT2D eigenvalue weighted by atomic mass is 15.1. The summed E-state index contributed by atoms with van der Waals surface area (Å²) in [5.74, 6) is 0. The van der Waals surface area contributed by atoms with Gasteiger partial charge in [-0.05, 0) is 45.8 Å². The number of hydrogen-bond donors (Lipinski definition) is 0. The molecule has 2 heteroatoms. The van der Waals surface area contributed by atoms with Gasteiger partial charge in [0.05, 0.1) is 12.4 Å². The summed E-state index contributed by atoms with van der Waals surface area (Å²) in [6, 6.07) is 17.2. The summed E-state index contributed by atoms with van der Waals surface area (Å²) in [5, 5.41) is 15.2. The van der Waals surface area contributed by atoms with Gasteiger partial charge in [0.2, 0.25) is 0 Å². The molecule has 0 fully saturated rings. The Kier molecular flexibility index (Phi) is 1.86. The Bertz CT molecular complexity index is 737. The molecule has 0 saturated carbocycles. The van der Waals surface area contributed by atoms with Crippen molar-refractivity contribution < 1.29 is 0 Å². The molecule has 0 unspecified atom stereocenters. The van der Waals surface area contributed by atoms with Gasteiger partial charge in [0.15, 0.2) is 0 Å². The molecule has 84 valence electrons. The predicted octanol–water partition coefficient (Wildman–Crippen LogP) is 3.94. The SMILES string of the molecule is c1ccc2cc3cc4cnncc4cc3cc2c1. The summed E-state index contributed by atoms with van der Waals surface area (Å²) >= 11 is 0. The van der Waals surface area contributed by atoms with E-state index in [0.717, 1.165) is 10.8 Å². The van der Waals surface area contributed by atoms with Gasteiger partial charge >= 0.3 is 0 Å². The van der Waals surface area contributed by atoms with E-state index in [1.54, 1.807) is 0 Å². The second-order valence-corrected chi connectivity index (χ2v) is 4.52. The normalized spacial score (nSPS) is 11.3. The van der Waals surface area contributed by atoms with E-state index in [4.69, 9.17) is 0 Å². The Labute approximate surface area is 104 Å². The first-order chi connectivity index (χ1) is 8.90. The molecule has 2 nitrogen and oxygen atoms in total. The summed E-state index contributed by atoms with van der Waals surface area (Å²) in [5.41, 5.74) is 0. The van der Waals surface area contributed by atoms with E-state index in [1.807, 2.05) is 12.4 Å². The lowest BCUT2D eigenvalue weighted by Crippen LogP contribution is -1.82. The predicted molar refractivity (Wildman–Crippen MR) is 74.6 cm³/mol. The van der Waals surface area contributed by atoms with Crippen molar-refractivity contribution in [3.8, 4) is 0 Å². The molecule has 0 amide bonds. The largest absolute Gasteiger partial charge is 0.158 e. The van der Waals surface area contributed by atoms with Gasteiger partial charge in [-0.25, -0.2) is 0 Å². The molecule has 4 aromatic rings. The summed E-state index contributed by atoms with van der Waals surface area (Å²) in [6.45, 7) is 0. The van der Waals surface area contributed by atoms with Crippen LogP contribution in [0.1, 0.15) is 0 Å². The van der Waals surface area contributed by atoms with Crippen LogP contribution in [0, 0.1) is 0 Å². The standard InChI is InChI=1S/C16H10N2/c1-2-4-12-6-14-8-16-10-18-17-9-15(16)7-13(14)5-11(12)3-1/h1-10H. The van der Waals surface area contributed by atoms with Crippen molar-refractivity contribution >= 4 is 32.3 Å². The fourth-order valence-electron chi connectivity index (χ4n) is 2.44. The van der Waals surface area contributed by atoms with Crippen molar-refractivity contribution in [2.24, 2.45) is 0 Å². The molecular weight excluding hydrogens is 220 g/mol. The molecule has 3 aromatic carbocycles. The molecule has 0 N–H and O–H groups in total. The molecule has 18 heavy (non-hydrogen) atoms. The molecule has 0 aliphatic heterocycles. The number of fused-ring (bicyclic) bond motifs is 3. The van der Waals surface area contributed by atoms with Crippen LogP contribution in [0.25, 0.3) is 32.3 Å². The molecule has 0 atom stereocenters. The molecule has 0 saturated heterocycles. The van der Waals surface area contributed by atoms with Crippen LogP contribution in [0.4, 0.5) is 0 Å². The lowest BCUT2D eigenvalue weighted by molar-refractivity contribution is 1.05. The Morgan fingerprint density at radius 2 is 0.944 bits per heavy atom. The summed E-state index contributed by atoms with van der Waals surface area (Å²) in [7, 11) is 0. The number of aromatic nitrogens is 2. The molecule has 4 rings (SSSR count). The quantitative estimate of drug-likeness (QED) is 0.428. The van der Waals surface area contributed by atoms with Crippen molar-refractivity contribution in [2.75, 3.05) is 0 Å². The topological polar surface area (TPSA) is 25.8 Å². The molecule has 1 heterocycles. The van der Waals surface area contributed by atoms with Gasteiger partial charge in [0, 0.05) is 10.8 Å². The third-order valence-electron chi connectivity index (χ3n) is 3.37. The maximum absolute atomic E-state index is 3.93. The number of rotatable bonds is 0. The van der Waals surface area contributed by atoms with Crippen molar-refractivity contribution in [2.45, 2.75) is 0 Å². The van der Waals surface area contributed by atoms with E-state index in [9.17, 15) is 0 Å². The van der Waals surface area contributed by atoms with Crippen LogP contribution < -0.4 is 0 Å². The minimum Gasteiger partial charge on any atom is -0.158 e. The third kappa shape index (κ3) is 1.36. The second-order valence-electron chi connectivity index (χ2n) is 4.52. The highest BCUT2D eigenvalue weighted by molar-refractivity contribution is 6.04. The van der Waals surface area contributed by atoms with Crippen LogP contribution in [0.3, 0.4) is 0 Å². The maximum Gasteiger partial charge on any atom is 0.0574 e. The maximum atomic E-state index is 3.93. The van der Waals surface area contributed by atoms with Crippen LogP contribution in [-0.4, -0.2) is 10.2 Å². The highest BCUT2D eigenvalue weighted by Gasteiger charge is 2.00. The smallest absolute Gasteiger partial charge is 0.0574 e. The van der Waals surface area contributed by atoms with Gasteiger partial charge in [-0.1, -0.05) is 24.3 Å². The minimum absolute atomic E-state index is 1.13. The van der Waals surface area contributed by atoms with Gasteiger partial charge in [0.25, 0.3) is 0 Å². The Hall–Kier alpha value is -2.48. The van der Waals surface area contributed by atoms with Gasteiger partial charge < -0.3 is 0 Å². The van der Waals surface area contributed by atoms with Gasteiger partial charge in [-0.3, -0.25) is 0 Å². The van der Waals surface area contributed by atoms with E-state index in [1.165, 1.54) is 21.5 Å². The van der Waals surface area contributed by atoms with E-state index >= 15 is 0 Å². The fraction of sp³-hybridized carbons (Fsp3) is 0. The number of benzene rings is 3. The van der Waals surface area contributed by atoms with Crippen molar-refractivity contribution in [3.63, 3.8) is 0 Å². The summed E-state index contributed by atoms with van der Waals surface area (Å²) in [6.07, 6.45) is 3.62. The zero-order chi connectivity index (χ0) is 11.9. The zero-order valence-corrected chi connectivity index (χ0v) is 9.67. The summed E-state index contributed by atoms with van der Waals surface area (Å²) in [4.78, 5) is 0. The van der Waals surface area contributed by atoms with Crippen LogP contribution in [0.2, 0.25) is 0 Å². The van der Waals surface area contributed by atoms with Gasteiger partial charge in [-0.2, -0.15) is 10.2 Å². The van der Waals surface area contributed by atoms with Gasteiger partial charge in [-0.15, -0.1) is 0 Å². The molecule has 0 radical (unpaired) electrons. The number of nitrogens with zero attached hydrogens (tertiary/aromatic N) is 2. The van der Waals surface area contributed by atoms with Crippen LogP contribution in [0.5, 0.6) is 0 Å². The molecule has 0 aliphatic rings. The third-order valence-corrected chi connectivity index (χ3v) is 3.37.